The van der Waals surface area contributed by atoms with Crippen LogP contribution in [0.2, 0.25) is 5.02 Å². The predicted molar refractivity (Wildman–Crippen MR) is 105 cm³/mol. The van der Waals surface area contributed by atoms with Crippen molar-refractivity contribution in [2.45, 2.75) is 48.4 Å². The van der Waals surface area contributed by atoms with Crippen LogP contribution in [0, 0.1) is 11.6 Å². The van der Waals surface area contributed by atoms with Gasteiger partial charge in [0.05, 0.1) is 11.1 Å². The van der Waals surface area contributed by atoms with Crippen molar-refractivity contribution in [3.8, 4) is 0 Å². The van der Waals surface area contributed by atoms with Gasteiger partial charge < -0.3 is 10.4 Å². The highest BCUT2D eigenvalue weighted by molar-refractivity contribution is 8.00. The molecule has 0 saturated heterocycles. The van der Waals surface area contributed by atoms with Crippen LogP contribution in [0.1, 0.15) is 42.5 Å². The van der Waals surface area contributed by atoms with Crippen molar-refractivity contribution in [2.24, 2.45) is 0 Å². The number of halogens is 3. The summed E-state index contributed by atoms with van der Waals surface area (Å²) in [6.45, 7) is 0. The molecule has 3 rings (SSSR count). The summed E-state index contributed by atoms with van der Waals surface area (Å²) in [6, 6.07) is 8.08. The molecule has 1 aliphatic carbocycles. The molecule has 1 saturated carbocycles. The summed E-state index contributed by atoms with van der Waals surface area (Å²) in [6.07, 6.45) is 3.93. The maximum Gasteiger partial charge on any atom is 0.255 e. The van der Waals surface area contributed by atoms with Crippen molar-refractivity contribution in [3.05, 3.63) is 58.6 Å². The molecule has 7 heteroatoms. The molecule has 1 aliphatic rings. The van der Waals surface area contributed by atoms with Crippen LogP contribution in [-0.4, -0.2) is 22.4 Å². The maximum atomic E-state index is 14.2. The van der Waals surface area contributed by atoms with Crippen molar-refractivity contribution < 1.29 is 18.7 Å². The summed E-state index contributed by atoms with van der Waals surface area (Å²) in [7, 11) is 0. The van der Waals surface area contributed by atoms with Crippen molar-refractivity contribution in [3.63, 3.8) is 0 Å². The summed E-state index contributed by atoms with van der Waals surface area (Å²) >= 11 is 7.09. The van der Waals surface area contributed by atoms with E-state index in [1.54, 1.807) is 0 Å². The topological polar surface area (TPSA) is 49.3 Å². The Morgan fingerprint density at radius 3 is 2.63 bits per heavy atom. The van der Waals surface area contributed by atoms with Crippen LogP contribution in [-0.2, 0) is 0 Å². The fourth-order valence-electron chi connectivity index (χ4n) is 3.09. The Bertz CT molecular complexity index is 834. The number of thioether (sulfide) groups is 1. The van der Waals surface area contributed by atoms with Gasteiger partial charge in [-0.25, -0.2) is 8.78 Å². The minimum absolute atomic E-state index is 0.0879. The molecule has 0 spiro atoms. The average molecular weight is 412 g/mol. The number of carbonyl (C=O) groups excluding carboxylic acids is 1. The van der Waals surface area contributed by atoms with Gasteiger partial charge in [-0.3, -0.25) is 4.79 Å². The fourth-order valence-corrected chi connectivity index (χ4v) is 4.61. The van der Waals surface area contributed by atoms with Gasteiger partial charge in [0.25, 0.3) is 5.91 Å². The highest BCUT2D eigenvalue weighted by Gasteiger charge is 2.21. The number of carbonyl (C=O) groups is 1. The van der Waals surface area contributed by atoms with Crippen molar-refractivity contribution in [1.29, 1.82) is 0 Å². The Balaban J connectivity index is 1.73. The molecule has 27 heavy (non-hydrogen) atoms. The highest BCUT2D eigenvalue weighted by Crippen LogP contribution is 2.35. The number of hydrogen-bond donors (Lipinski definition) is 2. The van der Waals surface area contributed by atoms with Crippen LogP contribution in [0.4, 0.5) is 14.5 Å². The Hall–Kier alpha value is -1.63. The first-order chi connectivity index (χ1) is 12.9. The van der Waals surface area contributed by atoms with E-state index >= 15 is 0 Å². The van der Waals surface area contributed by atoms with Gasteiger partial charge >= 0.3 is 0 Å². The third-order valence-electron chi connectivity index (χ3n) is 4.51. The molecular formula is C20H20ClF2NO2S. The van der Waals surface area contributed by atoms with Crippen molar-refractivity contribution in [2.75, 3.05) is 5.32 Å². The van der Waals surface area contributed by atoms with E-state index in [9.17, 15) is 18.7 Å². The second-order valence-electron chi connectivity index (χ2n) is 6.64. The second-order valence-corrected chi connectivity index (χ2v) is 8.39. The van der Waals surface area contributed by atoms with Gasteiger partial charge in [-0.15, -0.1) is 11.8 Å². The lowest BCUT2D eigenvalue weighted by atomic mass is 10.2. The number of nitrogens with one attached hydrogen (secondary N) is 1. The number of anilines is 1. The molecular weight excluding hydrogens is 392 g/mol. The molecule has 0 heterocycles. The van der Waals surface area contributed by atoms with Crippen LogP contribution in [0.3, 0.4) is 0 Å². The summed E-state index contributed by atoms with van der Waals surface area (Å²) in [4.78, 5) is 12.8. The number of benzene rings is 2. The zero-order valence-electron chi connectivity index (χ0n) is 14.6. The smallest absolute Gasteiger partial charge is 0.255 e. The fraction of sp³-hybridized carbons (Fsp3) is 0.350. The van der Waals surface area contributed by atoms with E-state index in [1.165, 1.54) is 48.2 Å². The lowest BCUT2D eigenvalue weighted by molar-refractivity contribution is 0.102. The maximum absolute atomic E-state index is 14.2. The molecule has 2 atom stereocenters. The van der Waals surface area contributed by atoms with Crippen molar-refractivity contribution in [1.82, 2.24) is 0 Å². The number of rotatable bonds is 4. The van der Waals surface area contributed by atoms with E-state index in [0.717, 1.165) is 25.7 Å². The molecule has 0 aromatic heterocycles. The first kappa shape index (κ1) is 20.1. The van der Waals surface area contributed by atoms with Gasteiger partial charge in [0, 0.05) is 21.4 Å². The van der Waals surface area contributed by atoms with Gasteiger partial charge in [0.15, 0.2) is 0 Å². The summed E-state index contributed by atoms with van der Waals surface area (Å²) in [5, 5.41) is 12.6. The summed E-state index contributed by atoms with van der Waals surface area (Å²) in [5.74, 6) is -1.39. The Morgan fingerprint density at radius 1 is 1.11 bits per heavy atom. The molecule has 1 amide bonds. The Morgan fingerprint density at radius 2 is 1.85 bits per heavy atom. The molecule has 1 fully saturated rings. The third-order valence-corrected chi connectivity index (χ3v) is 6.13. The molecule has 0 unspecified atom stereocenters. The average Bonchev–Trinajstić information content (AvgIpc) is 2.84. The van der Waals surface area contributed by atoms with Gasteiger partial charge in [0.2, 0.25) is 0 Å². The van der Waals surface area contributed by atoms with Crippen LogP contribution in [0.5, 0.6) is 0 Å². The molecule has 3 nitrogen and oxygen atoms in total. The van der Waals surface area contributed by atoms with Crippen LogP contribution in [0.15, 0.2) is 41.3 Å². The lowest BCUT2D eigenvalue weighted by Gasteiger charge is -2.17. The minimum Gasteiger partial charge on any atom is -0.393 e. The first-order valence-corrected chi connectivity index (χ1v) is 10.1. The first-order valence-electron chi connectivity index (χ1n) is 8.83. The standard InChI is InChI=1S/C20H20ClF2NO2S/c21-16-10-13(6-8-17(16)22)24-20(26)12-5-7-18(23)19(9-12)27-15-4-2-1-3-14(25)11-15/h5-10,14-15,25H,1-4,11H2,(H,24,26)/t14-,15+/m1/s1. The van der Waals surface area contributed by atoms with Gasteiger partial charge in [-0.05, 0) is 55.7 Å². The molecule has 0 radical (unpaired) electrons. The van der Waals surface area contributed by atoms with Gasteiger partial charge in [0.1, 0.15) is 11.6 Å². The molecule has 2 N–H and O–H groups in total. The number of hydrogen-bond acceptors (Lipinski definition) is 3. The van der Waals surface area contributed by atoms with Crippen LogP contribution >= 0.6 is 23.4 Å². The summed E-state index contributed by atoms with van der Waals surface area (Å²) in [5.41, 5.74) is 0.658. The monoisotopic (exact) mass is 411 g/mol. The zero-order chi connectivity index (χ0) is 19.4. The number of aliphatic hydroxyl groups excluding tert-OH is 1. The SMILES string of the molecule is O=C(Nc1ccc(F)c(Cl)c1)c1ccc(F)c(S[C@H]2CCCC[C@@H](O)C2)c1. The van der Waals surface area contributed by atoms with E-state index in [0.29, 0.717) is 22.6 Å². The zero-order valence-corrected chi connectivity index (χ0v) is 16.1. The summed E-state index contributed by atoms with van der Waals surface area (Å²) < 4.78 is 27.5. The molecule has 0 bridgehead atoms. The van der Waals surface area contributed by atoms with Crippen molar-refractivity contribution >= 4 is 35.0 Å². The van der Waals surface area contributed by atoms with Crippen LogP contribution in [0.25, 0.3) is 0 Å². The van der Waals surface area contributed by atoms with E-state index in [2.05, 4.69) is 5.32 Å². The van der Waals surface area contributed by atoms with Gasteiger partial charge in [-0.1, -0.05) is 24.4 Å². The third kappa shape index (κ3) is 5.43. The molecule has 0 aliphatic heterocycles. The highest BCUT2D eigenvalue weighted by atomic mass is 35.5. The predicted octanol–water partition coefficient (Wildman–Crippen LogP) is 5.66. The van der Waals surface area contributed by atoms with Crippen LogP contribution < -0.4 is 5.32 Å². The second kappa shape index (κ2) is 9.04. The molecule has 2 aromatic rings. The lowest BCUT2D eigenvalue weighted by Crippen LogP contribution is -2.14. The Kier molecular flexibility index (Phi) is 6.73. The van der Waals surface area contributed by atoms with Gasteiger partial charge in [-0.2, -0.15) is 0 Å². The van der Waals surface area contributed by atoms with E-state index in [1.807, 2.05) is 0 Å². The van der Waals surface area contributed by atoms with E-state index in [4.69, 9.17) is 11.6 Å². The Labute approximate surface area is 166 Å². The largest absolute Gasteiger partial charge is 0.393 e. The quantitative estimate of drug-likeness (QED) is 0.638. The number of amides is 1. The van der Waals surface area contributed by atoms with E-state index in [-0.39, 0.29) is 22.2 Å². The number of aliphatic hydroxyl groups is 1. The minimum atomic E-state index is -0.569. The van der Waals surface area contributed by atoms with E-state index < -0.39 is 11.7 Å². The molecule has 144 valence electrons. The normalized spacial score (nSPS) is 20.1. The molecule has 2 aromatic carbocycles.